The first-order valence-corrected chi connectivity index (χ1v) is 16.1. The van der Waals surface area contributed by atoms with E-state index in [1.54, 1.807) is 0 Å². The lowest BCUT2D eigenvalue weighted by Gasteiger charge is -2.40. The van der Waals surface area contributed by atoms with Gasteiger partial charge in [-0.3, -0.25) is 5.32 Å². The summed E-state index contributed by atoms with van der Waals surface area (Å²) in [5.41, 5.74) is 9.48. The molecule has 6 unspecified atom stereocenters. The van der Waals surface area contributed by atoms with E-state index in [4.69, 9.17) is 4.99 Å². The topological polar surface area (TPSA) is 48.5 Å². The average molecular weight is 543 g/mol. The van der Waals surface area contributed by atoms with Crippen LogP contribution in [-0.4, -0.2) is 24.7 Å². The zero-order chi connectivity index (χ0) is 27.2. The Labute approximate surface area is 244 Å². The molecule has 8 rings (SSSR count). The van der Waals surface area contributed by atoms with E-state index in [0.717, 1.165) is 43.5 Å². The fraction of sp³-hybridized carbons (Fsp3) is 0.432. The maximum Gasteiger partial charge on any atom is 0.131 e. The number of hydrogen-bond donors (Lipinski definition) is 3. The summed E-state index contributed by atoms with van der Waals surface area (Å²) in [7, 11) is 0. The molecule has 0 saturated heterocycles. The van der Waals surface area contributed by atoms with Gasteiger partial charge in [-0.15, -0.1) is 0 Å². The highest BCUT2D eigenvalue weighted by atomic mass is 15.3. The SMILES string of the molecule is C1=CC2CCC(C3N=C(c4ccc(-c5cccc6c5NCC6)cc4)NC(C4=CCC5C=CCCC5C4)N3)=CC2CC1. The second-order valence-corrected chi connectivity index (χ2v) is 13.0. The zero-order valence-corrected chi connectivity index (χ0v) is 24.0. The lowest BCUT2D eigenvalue weighted by Crippen LogP contribution is -2.56. The number of para-hydroxylation sites is 1. The highest BCUT2D eigenvalue weighted by molar-refractivity contribution is 6.00. The van der Waals surface area contributed by atoms with E-state index < -0.39 is 0 Å². The van der Waals surface area contributed by atoms with Gasteiger partial charge in [0, 0.05) is 23.4 Å². The number of allylic oxidation sites excluding steroid dienone is 6. The van der Waals surface area contributed by atoms with Crippen molar-refractivity contribution in [2.45, 2.75) is 70.1 Å². The summed E-state index contributed by atoms with van der Waals surface area (Å²) >= 11 is 0. The van der Waals surface area contributed by atoms with Gasteiger partial charge in [-0.1, -0.05) is 78.9 Å². The van der Waals surface area contributed by atoms with Gasteiger partial charge < -0.3 is 10.6 Å². The fourth-order valence-corrected chi connectivity index (χ4v) is 8.21. The Morgan fingerprint density at radius 2 is 1.63 bits per heavy atom. The van der Waals surface area contributed by atoms with Crippen molar-refractivity contribution in [3.05, 3.63) is 101 Å². The lowest BCUT2D eigenvalue weighted by atomic mass is 9.73. The zero-order valence-electron chi connectivity index (χ0n) is 24.0. The molecule has 0 fully saturated rings. The van der Waals surface area contributed by atoms with E-state index in [2.05, 4.69) is 94.9 Å². The monoisotopic (exact) mass is 542 g/mol. The quantitative estimate of drug-likeness (QED) is 0.350. The molecule has 0 spiro atoms. The van der Waals surface area contributed by atoms with Crippen LogP contribution in [0.2, 0.25) is 0 Å². The molecule has 4 aliphatic carbocycles. The summed E-state index contributed by atoms with van der Waals surface area (Å²) in [5, 5.41) is 11.4. The summed E-state index contributed by atoms with van der Waals surface area (Å²) in [5.74, 6) is 3.90. The Kier molecular flexibility index (Phi) is 6.67. The first-order chi connectivity index (χ1) is 20.3. The molecule has 0 bridgehead atoms. The maximum atomic E-state index is 5.36. The van der Waals surface area contributed by atoms with Crippen LogP contribution in [0.4, 0.5) is 5.69 Å². The number of hydrogen-bond acceptors (Lipinski definition) is 4. The lowest BCUT2D eigenvalue weighted by molar-refractivity contribution is 0.314. The van der Waals surface area contributed by atoms with Crippen LogP contribution in [0.5, 0.6) is 0 Å². The molecule has 4 nitrogen and oxygen atoms in total. The molecular weight excluding hydrogens is 500 g/mol. The maximum absolute atomic E-state index is 5.36. The molecular formula is C37H42N4. The first kappa shape index (κ1) is 25.3. The highest BCUT2D eigenvalue weighted by Crippen LogP contribution is 2.40. The molecule has 3 N–H and O–H groups in total. The predicted octanol–water partition coefficient (Wildman–Crippen LogP) is 7.52. The summed E-state index contributed by atoms with van der Waals surface area (Å²) < 4.78 is 0. The molecule has 2 aromatic rings. The van der Waals surface area contributed by atoms with Gasteiger partial charge >= 0.3 is 0 Å². The Morgan fingerprint density at radius 1 is 0.780 bits per heavy atom. The molecule has 0 radical (unpaired) electrons. The van der Waals surface area contributed by atoms with Crippen LogP contribution >= 0.6 is 0 Å². The van der Waals surface area contributed by atoms with Crippen LogP contribution in [0.25, 0.3) is 11.1 Å². The Bertz CT molecular complexity index is 1460. The van der Waals surface area contributed by atoms with Gasteiger partial charge in [0.05, 0.1) is 0 Å². The van der Waals surface area contributed by atoms with Crippen molar-refractivity contribution in [1.29, 1.82) is 0 Å². The smallest absolute Gasteiger partial charge is 0.131 e. The van der Waals surface area contributed by atoms with E-state index in [1.165, 1.54) is 77.6 Å². The normalized spacial score (nSPS) is 32.0. The summed E-state index contributed by atoms with van der Waals surface area (Å²) in [6, 6.07) is 15.8. The average Bonchev–Trinajstić information content (AvgIpc) is 3.54. The van der Waals surface area contributed by atoms with E-state index >= 15 is 0 Å². The number of fused-ring (bicyclic) bond motifs is 3. The van der Waals surface area contributed by atoms with Gasteiger partial charge in [-0.2, -0.15) is 0 Å². The van der Waals surface area contributed by atoms with Gasteiger partial charge in [0.15, 0.2) is 0 Å². The molecule has 41 heavy (non-hydrogen) atoms. The van der Waals surface area contributed by atoms with Crippen LogP contribution in [-0.2, 0) is 6.42 Å². The molecule has 2 heterocycles. The van der Waals surface area contributed by atoms with Crippen molar-refractivity contribution in [3.63, 3.8) is 0 Å². The molecule has 6 aliphatic rings. The van der Waals surface area contributed by atoms with E-state index in [0.29, 0.717) is 11.8 Å². The summed E-state index contributed by atoms with van der Waals surface area (Å²) in [6.45, 7) is 1.03. The van der Waals surface area contributed by atoms with Gasteiger partial charge in [-0.05, 0) is 104 Å². The molecule has 0 saturated carbocycles. The predicted molar refractivity (Wildman–Crippen MR) is 170 cm³/mol. The van der Waals surface area contributed by atoms with Crippen molar-refractivity contribution >= 4 is 11.5 Å². The van der Waals surface area contributed by atoms with Crippen molar-refractivity contribution in [3.8, 4) is 11.1 Å². The molecule has 4 heteroatoms. The summed E-state index contributed by atoms with van der Waals surface area (Å²) in [6.07, 6.45) is 25.9. The third-order valence-electron chi connectivity index (χ3n) is 10.5. The molecule has 2 aromatic carbocycles. The standard InChI is InChI=1S/C37H42N4/c1-3-8-29-22-31(18-12-24(29)6-1)36-39-35(40-37(41-36)32-19-13-25-7-2-4-9-30(25)23-32)28-16-14-26(15-17-28)33-11-5-10-27-20-21-38-34(27)33/h1-2,5-7,10-11,14-18,23-25,29-30,36-38,41H,3-4,8-9,12-13,19-22H2,(H,39,40). The van der Waals surface area contributed by atoms with E-state index in [-0.39, 0.29) is 12.3 Å². The number of aliphatic imine (C=N–C) groups is 1. The Hall–Kier alpha value is -3.37. The second-order valence-electron chi connectivity index (χ2n) is 13.0. The van der Waals surface area contributed by atoms with Crippen molar-refractivity contribution in [1.82, 2.24) is 10.6 Å². The minimum atomic E-state index is 0.0363. The van der Waals surface area contributed by atoms with E-state index in [1.807, 2.05) is 0 Å². The van der Waals surface area contributed by atoms with Gasteiger partial charge in [0.1, 0.15) is 18.2 Å². The second kappa shape index (κ2) is 10.8. The number of amidine groups is 1. The Morgan fingerprint density at radius 3 is 2.56 bits per heavy atom. The van der Waals surface area contributed by atoms with Crippen molar-refractivity contribution in [2.75, 3.05) is 11.9 Å². The van der Waals surface area contributed by atoms with E-state index in [9.17, 15) is 0 Å². The van der Waals surface area contributed by atoms with Crippen LogP contribution < -0.4 is 16.0 Å². The molecule has 2 aliphatic heterocycles. The molecule has 210 valence electrons. The third-order valence-corrected chi connectivity index (χ3v) is 10.5. The fourth-order valence-electron chi connectivity index (χ4n) is 8.21. The number of anilines is 1. The number of rotatable bonds is 4. The van der Waals surface area contributed by atoms with Crippen LogP contribution in [0.3, 0.4) is 0 Å². The molecule has 0 amide bonds. The van der Waals surface area contributed by atoms with Crippen molar-refractivity contribution < 1.29 is 0 Å². The minimum Gasteiger partial charge on any atom is -0.384 e. The number of nitrogens with zero attached hydrogens (tertiary/aromatic N) is 1. The minimum absolute atomic E-state index is 0.0363. The van der Waals surface area contributed by atoms with Gasteiger partial charge in [0.2, 0.25) is 0 Å². The van der Waals surface area contributed by atoms with Crippen LogP contribution in [0.1, 0.15) is 62.5 Å². The third kappa shape index (κ3) is 4.91. The molecule has 6 atom stereocenters. The summed E-state index contributed by atoms with van der Waals surface area (Å²) in [4.78, 5) is 5.36. The first-order valence-electron chi connectivity index (χ1n) is 16.1. The van der Waals surface area contributed by atoms with Crippen LogP contribution in [0, 0.1) is 23.7 Å². The van der Waals surface area contributed by atoms with Gasteiger partial charge in [0.25, 0.3) is 0 Å². The molecule has 0 aromatic heterocycles. The number of benzene rings is 2. The largest absolute Gasteiger partial charge is 0.384 e. The van der Waals surface area contributed by atoms with Crippen molar-refractivity contribution in [2.24, 2.45) is 28.7 Å². The van der Waals surface area contributed by atoms with Gasteiger partial charge in [-0.25, -0.2) is 4.99 Å². The Balaban J connectivity index is 1.11. The number of nitrogens with one attached hydrogen (secondary N) is 3. The van der Waals surface area contributed by atoms with Crippen LogP contribution in [0.15, 0.2) is 95.1 Å². The highest BCUT2D eigenvalue weighted by Gasteiger charge is 2.34.